The Labute approximate surface area is 207 Å². The van der Waals surface area contributed by atoms with Gasteiger partial charge in [-0.1, -0.05) is 12.1 Å². The molecule has 1 heterocycles. The molecule has 0 spiro atoms. The number of halogens is 2. The number of anilines is 3. The molecule has 0 aliphatic rings. The first-order chi connectivity index (χ1) is 17.3. The van der Waals surface area contributed by atoms with Crippen molar-refractivity contribution in [1.82, 2.24) is 9.88 Å². The molecule has 4 rings (SSSR count). The molecular formula is C28H26F2N4O2. The number of pyridine rings is 1. The van der Waals surface area contributed by atoms with Crippen LogP contribution >= 0.6 is 0 Å². The van der Waals surface area contributed by atoms with Crippen molar-refractivity contribution < 1.29 is 13.6 Å². The van der Waals surface area contributed by atoms with Gasteiger partial charge in [0.25, 0.3) is 5.56 Å². The van der Waals surface area contributed by atoms with Gasteiger partial charge in [0.05, 0.1) is 18.3 Å². The summed E-state index contributed by atoms with van der Waals surface area (Å²) in [5, 5.41) is 8.75. The van der Waals surface area contributed by atoms with Gasteiger partial charge in [-0.3, -0.25) is 9.59 Å². The molecule has 36 heavy (non-hydrogen) atoms. The SMILES string of the molecule is CN[C@@H](C)C(=O)Nc1ccc(-c2ccc(F)cc2)n(Cc2cccc(Nc3ccc(F)cc3)c2)c1=O. The molecule has 0 radical (unpaired) electrons. The largest absolute Gasteiger partial charge is 0.356 e. The zero-order valence-electron chi connectivity index (χ0n) is 19.9. The predicted molar refractivity (Wildman–Crippen MR) is 138 cm³/mol. The van der Waals surface area contributed by atoms with Crippen LogP contribution in [-0.2, 0) is 11.3 Å². The van der Waals surface area contributed by atoms with E-state index in [1.807, 2.05) is 24.3 Å². The van der Waals surface area contributed by atoms with Crippen LogP contribution in [0.2, 0.25) is 0 Å². The highest BCUT2D eigenvalue weighted by Gasteiger charge is 2.16. The Hall–Kier alpha value is -4.30. The van der Waals surface area contributed by atoms with Gasteiger partial charge in [-0.25, -0.2) is 8.78 Å². The molecule has 0 unspecified atom stereocenters. The number of hydrogen-bond acceptors (Lipinski definition) is 4. The molecule has 0 aliphatic heterocycles. The summed E-state index contributed by atoms with van der Waals surface area (Å²) in [7, 11) is 1.66. The molecular weight excluding hydrogens is 462 g/mol. The third-order valence-corrected chi connectivity index (χ3v) is 5.80. The summed E-state index contributed by atoms with van der Waals surface area (Å²) in [5.41, 5.74) is 3.31. The Morgan fingerprint density at radius 1 is 0.889 bits per heavy atom. The topological polar surface area (TPSA) is 75.2 Å². The van der Waals surface area contributed by atoms with Crippen molar-refractivity contribution >= 4 is 23.0 Å². The average Bonchev–Trinajstić information content (AvgIpc) is 2.88. The lowest BCUT2D eigenvalue weighted by Crippen LogP contribution is -2.37. The van der Waals surface area contributed by atoms with Crippen LogP contribution in [0, 0.1) is 11.6 Å². The summed E-state index contributed by atoms with van der Waals surface area (Å²) in [5.74, 6) is -1.03. The third-order valence-electron chi connectivity index (χ3n) is 5.80. The maximum Gasteiger partial charge on any atom is 0.275 e. The van der Waals surface area contributed by atoms with Crippen molar-refractivity contribution in [3.05, 3.63) is 112 Å². The van der Waals surface area contributed by atoms with E-state index in [1.165, 1.54) is 24.3 Å². The number of nitrogens with zero attached hydrogens (tertiary/aromatic N) is 1. The second-order valence-corrected chi connectivity index (χ2v) is 8.36. The maximum absolute atomic E-state index is 13.5. The molecule has 0 saturated carbocycles. The summed E-state index contributed by atoms with van der Waals surface area (Å²) < 4.78 is 28.3. The highest BCUT2D eigenvalue weighted by molar-refractivity contribution is 5.94. The zero-order chi connectivity index (χ0) is 25.7. The molecule has 0 saturated heterocycles. The summed E-state index contributed by atoms with van der Waals surface area (Å²) in [6, 6.07) is 22.2. The van der Waals surface area contributed by atoms with Crippen LogP contribution in [-0.4, -0.2) is 23.6 Å². The lowest BCUT2D eigenvalue weighted by molar-refractivity contribution is -0.117. The highest BCUT2D eigenvalue weighted by atomic mass is 19.1. The minimum atomic E-state index is -0.483. The van der Waals surface area contributed by atoms with Crippen molar-refractivity contribution in [1.29, 1.82) is 0 Å². The van der Waals surface area contributed by atoms with Gasteiger partial charge in [-0.2, -0.15) is 0 Å². The first kappa shape index (κ1) is 24.8. The fourth-order valence-corrected chi connectivity index (χ4v) is 3.71. The van der Waals surface area contributed by atoms with Gasteiger partial charge in [0.1, 0.15) is 17.3 Å². The van der Waals surface area contributed by atoms with Gasteiger partial charge >= 0.3 is 0 Å². The van der Waals surface area contributed by atoms with Gasteiger partial charge in [0.15, 0.2) is 0 Å². The van der Waals surface area contributed by atoms with Crippen molar-refractivity contribution in [3.63, 3.8) is 0 Å². The van der Waals surface area contributed by atoms with E-state index in [0.717, 1.165) is 16.9 Å². The molecule has 0 fully saturated rings. The normalized spacial score (nSPS) is 11.7. The van der Waals surface area contributed by atoms with E-state index in [-0.39, 0.29) is 35.3 Å². The Kier molecular flexibility index (Phi) is 7.56. The lowest BCUT2D eigenvalue weighted by Gasteiger charge is -2.17. The smallest absolute Gasteiger partial charge is 0.275 e. The lowest BCUT2D eigenvalue weighted by atomic mass is 10.1. The van der Waals surface area contributed by atoms with E-state index < -0.39 is 6.04 Å². The van der Waals surface area contributed by atoms with E-state index >= 15 is 0 Å². The number of aromatic nitrogens is 1. The van der Waals surface area contributed by atoms with E-state index in [9.17, 15) is 18.4 Å². The molecule has 0 aliphatic carbocycles. The number of nitrogens with one attached hydrogen (secondary N) is 3. The third kappa shape index (κ3) is 5.84. The van der Waals surface area contributed by atoms with E-state index in [1.54, 1.807) is 54.9 Å². The molecule has 3 aromatic carbocycles. The van der Waals surface area contributed by atoms with Gasteiger partial charge in [-0.05, 0) is 97.9 Å². The molecule has 184 valence electrons. The second-order valence-electron chi connectivity index (χ2n) is 8.36. The van der Waals surface area contributed by atoms with Crippen molar-refractivity contribution in [2.75, 3.05) is 17.7 Å². The van der Waals surface area contributed by atoms with E-state index in [4.69, 9.17) is 0 Å². The molecule has 4 aromatic rings. The molecule has 1 amide bonds. The Bertz CT molecular complexity index is 1420. The van der Waals surface area contributed by atoms with Crippen molar-refractivity contribution in [2.24, 2.45) is 0 Å². The fraction of sp³-hybridized carbons (Fsp3) is 0.143. The van der Waals surface area contributed by atoms with Gasteiger partial charge in [0, 0.05) is 11.4 Å². The van der Waals surface area contributed by atoms with Crippen LogP contribution in [0.4, 0.5) is 25.8 Å². The molecule has 6 nitrogen and oxygen atoms in total. The number of likely N-dealkylation sites (N-methyl/N-ethyl adjacent to an activating group) is 1. The van der Waals surface area contributed by atoms with Gasteiger partial charge in [0.2, 0.25) is 5.91 Å². The number of benzene rings is 3. The van der Waals surface area contributed by atoms with E-state index in [2.05, 4.69) is 16.0 Å². The Balaban J connectivity index is 1.70. The monoisotopic (exact) mass is 488 g/mol. The van der Waals surface area contributed by atoms with Crippen molar-refractivity contribution in [3.8, 4) is 11.3 Å². The number of rotatable bonds is 8. The minimum absolute atomic E-state index is 0.147. The van der Waals surface area contributed by atoms with Crippen LogP contribution in [0.5, 0.6) is 0 Å². The Morgan fingerprint density at radius 3 is 2.22 bits per heavy atom. The van der Waals surface area contributed by atoms with Crippen LogP contribution in [0.25, 0.3) is 11.3 Å². The highest BCUT2D eigenvalue weighted by Crippen LogP contribution is 2.23. The molecule has 1 atom stereocenters. The van der Waals surface area contributed by atoms with Crippen LogP contribution in [0.1, 0.15) is 12.5 Å². The minimum Gasteiger partial charge on any atom is -0.356 e. The zero-order valence-corrected chi connectivity index (χ0v) is 19.9. The first-order valence-corrected chi connectivity index (χ1v) is 11.4. The summed E-state index contributed by atoms with van der Waals surface area (Å²) in [4.78, 5) is 25.9. The van der Waals surface area contributed by atoms with Crippen LogP contribution in [0.3, 0.4) is 0 Å². The van der Waals surface area contributed by atoms with Crippen LogP contribution < -0.4 is 21.5 Å². The van der Waals surface area contributed by atoms with Gasteiger partial charge < -0.3 is 20.5 Å². The number of carbonyl (C=O) groups excluding carboxylic acids is 1. The molecule has 3 N–H and O–H groups in total. The average molecular weight is 489 g/mol. The summed E-state index contributed by atoms with van der Waals surface area (Å²) in [6.07, 6.45) is 0. The summed E-state index contributed by atoms with van der Waals surface area (Å²) in [6.45, 7) is 1.90. The quantitative estimate of drug-likeness (QED) is 0.321. The fourth-order valence-electron chi connectivity index (χ4n) is 3.71. The molecule has 0 bridgehead atoms. The molecule has 8 heteroatoms. The Morgan fingerprint density at radius 2 is 1.56 bits per heavy atom. The maximum atomic E-state index is 13.5. The predicted octanol–water partition coefficient (Wildman–Crippen LogP) is 5.13. The number of hydrogen-bond donors (Lipinski definition) is 3. The summed E-state index contributed by atoms with van der Waals surface area (Å²) >= 11 is 0. The second kappa shape index (κ2) is 11.0. The number of carbonyl (C=O) groups is 1. The van der Waals surface area contributed by atoms with Gasteiger partial charge in [-0.15, -0.1) is 0 Å². The van der Waals surface area contributed by atoms with Crippen LogP contribution in [0.15, 0.2) is 89.7 Å². The van der Waals surface area contributed by atoms with E-state index in [0.29, 0.717) is 11.3 Å². The first-order valence-electron chi connectivity index (χ1n) is 11.4. The molecule has 1 aromatic heterocycles. The standard InChI is InChI=1S/C28H26F2N4O2/c1-18(31-2)27(35)33-25-14-15-26(20-6-8-21(29)9-7-20)34(28(25)36)17-19-4-3-5-24(16-19)32-23-12-10-22(30)11-13-23/h3-16,18,31-32H,17H2,1-2H3,(H,33,35)/t18-/m0/s1. The number of amides is 1. The van der Waals surface area contributed by atoms with Crippen molar-refractivity contribution in [2.45, 2.75) is 19.5 Å².